The maximum absolute atomic E-state index is 12.1. The normalized spacial score (nSPS) is 10.9. The Morgan fingerprint density at radius 3 is 1.20 bits per heavy atom. The lowest BCUT2D eigenvalue weighted by atomic mass is 9.99. The van der Waals surface area contributed by atoms with E-state index in [1.807, 2.05) is 52.0 Å². The summed E-state index contributed by atoms with van der Waals surface area (Å²) in [6, 6.07) is 7.35. The molecule has 2 aromatic carbocycles. The van der Waals surface area contributed by atoms with E-state index in [2.05, 4.69) is 0 Å². The quantitative estimate of drug-likeness (QED) is 0.304. The van der Waals surface area contributed by atoms with Crippen molar-refractivity contribution in [3.05, 3.63) is 57.6 Å². The third-order valence-electron chi connectivity index (χ3n) is 5.86. The Bertz CT molecular complexity index is 867. The Labute approximate surface area is 208 Å². The largest absolute Gasteiger partial charge is 0.507 e. The fraction of sp³-hybridized carbons (Fsp3) is 0.500. The minimum atomic E-state index is -0.360. The van der Waals surface area contributed by atoms with Crippen LogP contribution in [-0.4, -0.2) is 48.6 Å². The van der Waals surface area contributed by atoms with Crippen molar-refractivity contribution in [1.29, 1.82) is 0 Å². The van der Waals surface area contributed by atoms with E-state index in [4.69, 9.17) is 14.2 Å². The van der Waals surface area contributed by atoms with Gasteiger partial charge in [-0.3, -0.25) is 9.59 Å². The van der Waals surface area contributed by atoms with Gasteiger partial charge in [0.2, 0.25) is 0 Å². The summed E-state index contributed by atoms with van der Waals surface area (Å²) in [6.45, 7) is 8.48. The van der Waals surface area contributed by atoms with Crippen LogP contribution in [0.15, 0.2) is 24.3 Å². The highest BCUT2D eigenvalue weighted by atomic mass is 16.6. The number of ether oxygens (including phenoxy) is 3. The number of aryl methyl sites for hydroxylation is 4. The molecular formula is C28H38O7. The van der Waals surface area contributed by atoms with E-state index in [-0.39, 0.29) is 51.2 Å². The molecule has 0 radical (unpaired) electrons. The maximum Gasteiger partial charge on any atom is 0.310 e. The molecule has 0 aliphatic heterocycles. The molecule has 35 heavy (non-hydrogen) atoms. The first-order valence-corrected chi connectivity index (χ1v) is 12.4. The van der Waals surface area contributed by atoms with Crippen LogP contribution >= 0.6 is 0 Å². The van der Waals surface area contributed by atoms with E-state index in [1.165, 1.54) is 0 Å². The molecule has 0 bridgehead atoms. The van der Waals surface area contributed by atoms with Crippen LogP contribution in [0.3, 0.4) is 0 Å². The molecule has 0 aliphatic rings. The zero-order valence-corrected chi connectivity index (χ0v) is 21.3. The number of phenols is 2. The van der Waals surface area contributed by atoms with Gasteiger partial charge in [0.05, 0.1) is 26.1 Å². The SMILES string of the molecule is CCc1cc(CC(=O)OCCOCCOC(=O)Cc2cc(CC)c(O)c(CC)c2)cc(CC)c1O. The van der Waals surface area contributed by atoms with Gasteiger partial charge in [0.15, 0.2) is 0 Å². The summed E-state index contributed by atoms with van der Waals surface area (Å²) in [5.41, 5.74) is 4.94. The van der Waals surface area contributed by atoms with E-state index in [0.29, 0.717) is 37.2 Å². The lowest BCUT2D eigenvalue weighted by Gasteiger charge is -2.12. The van der Waals surface area contributed by atoms with Gasteiger partial charge >= 0.3 is 11.9 Å². The van der Waals surface area contributed by atoms with Crippen LogP contribution in [0.25, 0.3) is 0 Å². The molecule has 0 unspecified atom stereocenters. The summed E-state index contributed by atoms with van der Waals surface area (Å²) < 4.78 is 15.8. The highest BCUT2D eigenvalue weighted by Gasteiger charge is 2.13. The lowest BCUT2D eigenvalue weighted by molar-refractivity contribution is -0.145. The molecule has 192 valence electrons. The van der Waals surface area contributed by atoms with Crippen LogP contribution < -0.4 is 0 Å². The first-order valence-electron chi connectivity index (χ1n) is 12.4. The van der Waals surface area contributed by atoms with Gasteiger partial charge in [0.1, 0.15) is 24.7 Å². The summed E-state index contributed by atoms with van der Waals surface area (Å²) in [6.07, 6.45) is 3.02. The molecule has 2 aromatic rings. The number of benzene rings is 2. The molecule has 0 fully saturated rings. The third kappa shape index (κ3) is 8.58. The zero-order chi connectivity index (χ0) is 25.8. The average Bonchev–Trinajstić information content (AvgIpc) is 2.85. The standard InChI is InChI=1S/C28H38O7/c1-5-21-13-19(14-22(6-2)27(21)31)17-25(29)34-11-9-33-10-12-35-26(30)18-20-15-23(7-3)28(32)24(8-4)16-20/h13-16,31-32H,5-12,17-18H2,1-4H3. The number of phenolic OH excluding ortho intramolecular Hbond substituents is 2. The molecule has 0 heterocycles. The van der Waals surface area contributed by atoms with Crippen molar-refractivity contribution >= 4 is 11.9 Å². The van der Waals surface area contributed by atoms with Crippen molar-refractivity contribution in [1.82, 2.24) is 0 Å². The third-order valence-corrected chi connectivity index (χ3v) is 5.86. The van der Waals surface area contributed by atoms with Gasteiger partial charge in [-0.15, -0.1) is 0 Å². The molecular weight excluding hydrogens is 448 g/mol. The summed E-state index contributed by atoms with van der Waals surface area (Å²) in [5, 5.41) is 20.4. The Balaban J connectivity index is 1.66. The monoisotopic (exact) mass is 486 g/mol. The Morgan fingerprint density at radius 1 is 0.600 bits per heavy atom. The van der Waals surface area contributed by atoms with Crippen molar-refractivity contribution < 1.29 is 34.0 Å². The number of rotatable bonds is 14. The average molecular weight is 487 g/mol. The van der Waals surface area contributed by atoms with Crippen LogP contribution in [0.4, 0.5) is 0 Å². The molecule has 2 rings (SSSR count). The van der Waals surface area contributed by atoms with Gasteiger partial charge in [-0.2, -0.15) is 0 Å². The van der Waals surface area contributed by atoms with Gasteiger partial charge in [0, 0.05) is 0 Å². The van der Waals surface area contributed by atoms with E-state index >= 15 is 0 Å². The van der Waals surface area contributed by atoms with Gasteiger partial charge in [-0.05, 0) is 59.1 Å². The van der Waals surface area contributed by atoms with Crippen LogP contribution in [-0.2, 0) is 62.3 Å². The second-order valence-electron chi connectivity index (χ2n) is 8.35. The van der Waals surface area contributed by atoms with Crippen molar-refractivity contribution in [2.75, 3.05) is 26.4 Å². The number of carbonyl (C=O) groups is 2. The van der Waals surface area contributed by atoms with Crippen LogP contribution in [0, 0.1) is 0 Å². The van der Waals surface area contributed by atoms with Crippen LogP contribution in [0.2, 0.25) is 0 Å². The molecule has 2 N–H and O–H groups in total. The Morgan fingerprint density at radius 2 is 0.914 bits per heavy atom. The first-order chi connectivity index (χ1) is 16.8. The number of aromatic hydroxyl groups is 2. The van der Waals surface area contributed by atoms with E-state index < -0.39 is 0 Å². The second-order valence-corrected chi connectivity index (χ2v) is 8.35. The van der Waals surface area contributed by atoms with Gasteiger partial charge in [-0.1, -0.05) is 52.0 Å². The topological polar surface area (TPSA) is 102 Å². The van der Waals surface area contributed by atoms with Crippen LogP contribution in [0.5, 0.6) is 11.5 Å². The molecule has 0 atom stereocenters. The smallest absolute Gasteiger partial charge is 0.310 e. The second kappa shape index (κ2) is 14.4. The van der Waals surface area contributed by atoms with Crippen molar-refractivity contribution in [3.63, 3.8) is 0 Å². The number of hydrogen-bond donors (Lipinski definition) is 2. The number of carbonyl (C=O) groups excluding carboxylic acids is 2. The predicted octanol–water partition coefficient (Wildman–Crippen LogP) is 4.24. The molecule has 0 spiro atoms. The highest BCUT2D eigenvalue weighted by molar-refractivity contribution is 5.73. The van der Waals surface area contributed by atoms with Gasteiger partial charge in [-0.25, -0.2) is 0 Å². The van der Waals surface area contributed by atoms with E-state index in [1.54, 1.807) is 0 Å². The van der Waals surface area contributed by atoms with E-state index in [0.717, 1.165) is 33.4 Å². The Kier molecular flexibility index (Phi) is 11.6. The molecule has 0 saturated heterocycles. The molecule has 7 heteroatoms. The maximum atomic E-state index is 12.1. The fourth-order valence-electron chi connectivity index (χ4n) is 3.91. The molecule has 0 aromatic heterocycles. The molecule has 0 amide bonds. The lowest BCUT2D eigenvalue weighted by Crippen LogP contribution is -2.16. The Hall–Kier alpha value is -3.06. The summed E-state index contributed by atoms with van der Waals surface area (Å²) in [7, 11) is 0. The molecule has 0 saturated carbocycles. The van der Waals surface area contributed by atoms with Gasteiger partial charge in [0.25, 0.3) is 0 Å². The molecule has 0 aliphatic carbocycles. The van der Waals surface area contributed by atoms with Crippen molar-refractivity contribution in [2.45, 2.75) is 66.2 Å². The van der Waals surface area contributed by atoms with Crippen LogP contribution in [0.1, 0.15) is 61.1 Å². The first kappa shape index (κ1) is 28.2. The number of hydrogen-bond acceptors (Lipinski definition) is 7. The summed E-state index contributed by atoms with van der Waals surface area (Å²) in [4.78, 5) is 24.3. The highest BCUT2D eigenvalue weighted by Crippen LogP contribution is 2.27. The molecule has 7 nitrogen and oxygen atoms in total. The van der Waals surface area contributed by atoms with Gasteiger partial charge < -0.3 is 24.4 Å². The number of esters is 2. The van der Waals surface area contributed by atoms with Crippen molar-refractivity contribution in [2.24, 2.45) is 0 Å². The zero-order valence-electron chi connectivity index (χ0n) is 21.3. The van der Waals surface area contributed by atoms with Crippen molar-refractivity contribution in [3.8, 4) is 11.5 Å². The predicted molar refractivity (Wildman–Crippen MR) is 134 cm³/mol. The fourth-order valence-corrected chi connectivity index (χ4v) is 3.91. The minimum Gasteiger partial charge on any atom is -0.507 e. The van der Waals surface area contributed by atoms with E-state index in [9.17, 15) is 19.8 Å². The minimum absolute atomic E-state index is 0.110. The summed E-state index contributed by atoms with van der Waals surface area (Å²) >= 11 is 0. The summed E-state index contributed by atoms with van der Waals surface area (Å²) in [5.74, 6) is -0.107.